The van der Waals surface area contributed by atoms with Crippen LogP contribution >= 0.6 is 0 Å². The molecule has 2 N–H and O–H groups in total. The summed E-state index contributed by atoms with van der Waals surface area (Å²) in [5.41, 5.74) is 3.76. The molecule has 0 bridgehead atoms. The lowest BCUT2D eigenvalue weighted by molar-refractivity contribution is -0.120. The van der Waals surface area contributed by atoms with Crippen molar-refractivity contribution in [2.45, 2.75) is 61.7 Å². The number of amides is 1. The Hall–Kier alpha value is -2.41. The molecule has 3 aliphatic rings. The molecular formula is C21H23N3O3S. The summed E-state index contributed by atoms with van der Waals surface area (Å²) in [6.07, 6.45) is 7.23. The van der Waals surface area contributed by atoms with Crippen LogP contribution in [-0.4, -0.2) is 19.3 Å². The fourth-order valence-electron chi connectivity index (χ4n) is 4.61. The Balaban J connectivity index is 1.58. The maximum atomic E-state index is 12.9. The van der Waals surface area contributed by atoms with Gasteiger partial charge in [0.25, 0.3) is 10.0 Å². The Morgan fingerprint density at radius 2 is 1.93 bits per heavy atom. The number of nitrogens with one attached hydrogen (secondary N) is 2. The van der Waals surface area contributed by atoms with Gasteiger partial charge in [-0.05, 0) is 73.9 Å². The van der Waals surface area contributed by atoms with E-state index in [0.717, 1.165) is 61.0 Å². The monoisotopic (exact) mass is 397 g/mol. The Morgan fingerprint density at radius 1 is 1.18 bits per heavy atom. The molecule has 7 heteroatoms. The van der Waals surface area contributed by atoms with Crippen molar-refractivity contribution in [3.63, 3.8) is 0 Å². The van der Waals surface area contributed by atoms with Gasteiger partial charge in [-0.1, -0.05) is 12.8 Å². The molecule has 1 aliphatic heterocycles. The Kier molecular flexibility index (Phi) is 3.81. The van der Waals surface area contributed by atoms with Gasteiger partial charge in [-0.3, -0.25) is 14.5 Å². The molecule has 1 aromatic carbocycles. The molecule has 1 aromatic heterocycles. The van der Waals surface area contributed by atoms with Crippen LogP contribution in [0.25, 0.3) is 0 Å². The van der Waals surface area contributed by atoms with Crippen LogP contribution in [0.2, 0.25) is 0 Å². The van der Waals surface area contributed by atoms with Gasteiger partial charge in [0, 0.05) is 23.3 Å². The van der Waals surface area contributed by atoms with Crippen LogP contribution in [0.1, 0.15) is 61.3 Å². The standard InChI is InChI=1S/C21H23N3O3S/c1-13-4-7-16(12-22-13)28(26,27)24-15-10-17(14-5-6-14)19-18(11-15)21(20(25)23-19)8-2-3-9-21/h4,7,10-12,14,24H,2-3,5-6,8-9H2,1H3,(H,23,25). The number of carbonyl (C=O) groups excluding carboxylic acids is 1. The molecule has 0 atom stereocenters. The number of anilines is 2. The summed E-state index contributed by atoms with van der Waals surface area (Å²) in [6, 6.07) is 7.00. The number of sulfonamides is 1. The molecule has 0 unspecified atom stereocenters. The van der Waals surface area contributed by atoms with E-state index in [1.807, 2.05) is 19.1 Å². The van der Waals surface area contributed by atoms with Crippen LogP contribution < -0.4 is 10.0 Å². The highest BCUT2D eigenvalue weighted by Crippen LogP contribution is 2.54. The molecule has 2 heterocycles. The van der Waals surface area contributed by atoms with Gasteiger partial charge in [0.2, 0.25) is 5.91 Å². The van der Waals surface area contributed by atoms with Crippen LogP contribution in [0.5, 0.6) is 0 Å². The number of hydrogen-bond acceptors (Lipinski definition) is 4. The number of pyridine rings is 1. The van der Waals surface area contributed by atoms with E-state index in [4.69, 9.17) is 0 Å². The maximum absolute atomic E-state index is 12.9. The second-order valence-electron chi connectivity index (χ2n) is 8.25. The van der Waals surface area contributed by atoms with Crippen molar-refractivity contribution >= 4 is 27.3 Å². The molecule has 2 fully saturated rings. The van der Waals surface area contributed by atoms with Gasteiger partial charge in [-0.2, -0.15) is 0 Å². The van der Waals surface area contributed by atoms with Crippen molar-refractivity contribution in [2.75, 3.05) is 10.0 Å². The zero-order valence-corrected chi connectivity index (χ0v) is 16.6. The topological polar surface area (TPSA) is 88.2 Å². The first-order valence-corrected chi connectivity index (χ1v) is 11.3. The highest BCUT2D eigenvalue weighted by molar-refractivity contribution is 7.92. The van der Waals surface area contributed by atoms with Crippen LogP contribution in [-0.2, 0) is 20.2 Å². The van der Waals surface area contributed by atoms with Crippen LogP contribution in [0.4, 0.5) is 11.4 Å². The second kappa shape index (κ2) is 6.04. The van der Waals surface area contributed by atoms with E-state index in [2.05, 4.69) is 15.0 Å². The minimum Gasteiger partial charge on any atom is -0.325 e. The number of hydrogen-bond donors (Lipinski definition) is 2. The molecule has 28 heavy (non-hydrogen) atoms. The van der Waals surface area contributed by atoms with E-state index < -0.39 is 15.4 Å². The third-order valence-corrected chi connectivity index (χ3v) is 7.65. The van der Waals surface area contributed by atoms with E-state index in [1.165, 1.54) is 6.20 Å². The Bertz CT molecular complexity index is 1070. The average Bonchev–Trinajstić information content (AvgIpc) is 3.32. The highest BCUT2D eigenvalue weighted by Gasteiger charge is 2.50. The quantitative estimate of drug-likeness (QED) is 0.821. The van der Waals surface area contributed by atoms with Crippen molar-refractivity contribution in [2.24, 2.45) is 0 Å². The van der Waals surface area contributed by atoms with E-state index in [1.54, 1.807) is 12.1 Å². The highest BCUT2D eigenvalue weighted by atomic mass is 32.2. The third kappa shape index (κ3) is 2.71. The molecule has 2 aromatic rings. The van der Waals surface area contributed by atoms with Gasteiger partial charge in [-0.15, -0.1) is 0 Å². The van der Waals surface area contributed by atoms with Gasteiger partial charge < -0.3 is 5.32 Å². The van der Waals surface area contributed by atoms with Crippen molar-refractivity contribution < 1.29 is 13.2 Å². The van der Waals surface area contributed by atoms with Gasteiger partial charge in [0.05, 0.1) is 5.41 Å². The summed E-state index contributed by atoms with van der Waals surface area (Å²) >= 11 is 0. The SMILES string of the molecule is Cc1ccc(S(=O)(=O)Nc2cc(C3CC3)c3c(c2)C2(CCCC2)C(=O)N3)cn1. The zero-order valence-electron chi connectivity index (χ0n) is 15.8. The number of aromatic nitrogens is 1. The Labute approximate surface area is 164 Å². The smallest absolute Gasteiger partial charge is 0.263 e. The molecule has 0 saturated heterocycles. The van der Waals surface area contributed by atoms with E-state index in [0.29, 0.717) is 11.6 Å². The number of aryl methyl sites for hydroxylation is 1. The normalized spacial score (nSPS) is 20.2. The summed E-state index contributed by atoms with van der Waals surface area (Å²) in [5.74, 6) is 0.473. The predicted molar refractivity (Wildman–Crippen MR) is 107 cm³/mol. The summed E-state index contributed by atoms with van der Waals surface area (Å²) in [7, 11) is -3.74. The maximum Gasteiger partial charge on any atom is 0.263 e. The lowest BCUT2D eigenvalue weighted by Crippen LogP contribution is -2.31. The number of nitrogens with zero attached hydrogens (tertiary/aromatic N) is 1. The predicted octanol–water partition coefficient (Wildman–Crippen LogP) is 3.83. The number of rotatable bonds is 4. The molecule has 0 radical (unpaired) electrons. The van der Waals surface area contributed by atoms with Crippen LogP contribution in [0.15, 0.2) is 35.4 Å². The van der Waals surface area contributed by atoms with E-state index >= 15 is 0 Å². The molecule has 2 saturated carbocycles. The van der Waals surface area contributed by atoms with Gasteiger partial charge in [-0.25, -0.2) is 8.42 Å². The number of fused-ring (bicyclic) bond motifs is 2. The van der Waals surface area contributed by atoms with Crippen LogP contribution in [0, 0.1) is 6.92 Å². The minimum absolute atomic E-state index is 0.0737. The summed E-state index contributed by atoms with van der Waals surface area (Å²) in [4.78, 5) is 17.1. The summed E-state index contributed by atoms with van der Waals surface area (Å²) in [5, 5.41) is 3.12. The first-order chi connectivity index (χ1) is 13.4. The number of carbonyl (C=O) groups is 1. The zero-order chi connectivity index (χ0) is 19.5. The molecule has 6 nitrogen and oxygen atoms in total. The van der Waals surface area contributed by atoms with Gasteiger partial charge >= 0.3 is 0 Å². The largest absolute Gasteiger partial charge is 0.325 e. The lowest BCUT2D eigenvalue weighted by atomic mass is 9.79. The minimum atomic E-state index is -3.74. The van der Waals surface area contributed by atoms with Crippen molar-refractivity contribution in [3.05, 3.63) is 47.3 Å². The van der Waals surface area contributed by atoms with Crippen molar-refractivity contribution in [1.29, 1.82) is 0 Å². The van der Waals surface area contributed by atoms with Gasteiger partial charge in [0.1, 0.15) is 4.90 Å². The molecule has 146 valence electrons. The third-order valence-electron chi connectivity index (χ3n) is 6.28. The Morgan fingerprint density at radius 3 is 2.57 bits per heavy atom. The van der Waals surface area contributed by atoms with Crippen molar-refractivity contribution in [3.8, 4) is 0 Å². The fourth-order valence-corrected chi connectivity index (χ4v) is 5.60. The van der Waals surface area contributed by atoms with E-state index in [-0.39, 0.29) is 10.8 Å². The molecule has 1 amide bonds. The lowest BCUT2D eigenvalue weighted by Gasteiger charge is -2.22. The van der Waals surface area contributed by atoms with Crippen LogP contribution in [0.3, 0.4) is 0 Å². The average molecular weight is 398 g/mol. The first-order valence-electron chi connectivity index (χ1n) is 9.84. The number of benzene rings is 1. The van der Waals surface area contributed by atoms with Gasteiger partial charge in [0.15, 0.2) is 0 Å². The second-order valence-corrected chi connectivity index (χ2v) is 9.93. The summed E-state index contributed by atoms with van der Waals surface area (Å²) < 4.78 is 28.4. The van der Waals surface area contributed by atoms with Crippen molar-refractivity contribution in [1.82, 2.24) is 4.98 Å². The summed E-state index contributed by atoms with van der Waals surface area (Å²) in [6.45, 7) is 1.82. The molecule has 1 spiro atoms. The molecule has 5 rings (SSSR count). The van der Waals surface area contributed by atoms with E-state index in [9.17, 15) is 13.2 Å². The first kappa shape index (κ1) is 17.7. The molecule has 2 aliphatic carbocycles. The fraction of sp³-hybridized carbons (Fsp3) is 0.429. The molecular weight excluding hydrogens is 374 g/mol.